The van der Waals surface area contributed by atoms with E-state index in [9.17, 15) is 9.59 Å². The number of rotatable bonds is 5. The van der Waals surface area contributed by atoms with Crippen molar-refractivity contribution in [3.63, 3.8) is 0 Å². The molecule has 0 unspecified atom stereocenters. The zero-order valence-electron chi connectivity index (χ0n) is 17.6. The number of carbonyl (C=O) groups is 2. The molecule has 160 valence electrons. The summed E-state index contributed by atoms with van der Waals surface area (Å²) >= 11 is 0. The first-order chi connectivity index (χ1) is 15.6. The fourth-order valence-electron chi connectivity index (χ4n) is 3.18. The lowest BCUT2D eigenvalue weighted by Gasteiger charge is -2.15. The number of hydrogen-bond donors (Lipinski definition) is 1. The van der Waals surface area contributed by atoms with Gasteiger partial charge in [-0.3, -0.25) is 14.7 Å². The van der Waals surface area contributed by atoms with Crippen molar-refractivity contribution in [2.75, 3.05) is 24.4 Å². The van der Waals surface area contributed by atoms with Crippen molar-refractivity contribution in [1.82, 2.24) is 14.8 Å². The van der Waals surface area contributed by atoms with Gasteiger partial charge in [0.1, 0.15) is 5.69 Å². The van der Waals surface area contributed by atoms with Crippen molar-refractivity contribution in [3.05, 3.63) is 90.9 Å². The van der Waals surface area contributed by atoms with Crippen LogP contribution in [0.2, 0.25) is 0 Å². The van der Waals surface area contributed by atoms with Crippen LogP contribution < -0.4 is 10.2 Å². The highest BCUT2D eigenvalue weighted by molar-refractivity contribution is 6.08. The number of anilines is 2. The predicted octanol–water partition coefficient (Wildman–Crippen LogP) is 4.39. The molecule has 0 fully saturated rings. The van der Waals surface area contributed by atoms with Crippen LogP contribution in [0.4, 0.5) is 16.2 Å². The number of para-hydroxylation sites is 1. The van der Waals surface area contributed by atoms with Crippen LogP contribution in [0, 0.1) is 0 Å². The van der Waals surface area contributed by atoms with Gasteiger partial charge >= 0.3 is 6.09 Å². The predicted molar refractivity (Wildman–Crippen MR) is 122 cm³/mol. The van der Waals surface area contributed by atoms with Crippen LogP contribution in [0.3, 0.4) is 0 Å². The quantitative estimate of drug-likeness (QED) is 0.510. The summed E-state index contributed by atoms with van der Waals surface area (Å²) in [5, 5.41) is 7.53. The number of ether oxygens (including phenoxy) is 1. The van der Waals surface area contributed by atoms with Gasteiger partial charge in [-0.1, -0.05) is 18.2 Å². The van der Waals surface area contributed by atoms with Gasteiger partial charge in [0.05, 0.1) is 18.4 Å². The zero-order valence-corrected chi connectivity index (χ0v) is 17.6. The standard InChI is InChI=1S/C24H21N5O3/c1-28(24(31)32-2)19-12-10-18(11-13-19)26-23(30)21-16-29(20-8-4-3-5-9-20)27-22(21)17-7-6-14-25-15-17/h3-16H,1-2H3,(H,26,30). The van der Waals surface area contributed by atoms with Gasteiger partial charge in [0.15, 0.2) is 0 Å². The average molecular weight is 427 g/mol. The fourth-order valence-corrected chi connectivity index (χ4v) is 3.18. The van der Waals surface area contributed by atoms with Gasteiger partial charge in [0, 0.05) is 42.6 Å². The Hall–Kier alpha value is -4.46. The third kappa shape index (κ3) is 4.34. The van der Waals surface area contributed by atoms with Crippen molar-refractivity contribution < 1.29 is 14.3 Å². The second-order valence-electron chi connectivity index (χ2n) is 6.94. The van der Waals surface area contributed by atoms with E-state index in [4.69, 9.17) is 4.74 Å². The van der Waals surface area contributed by atoms with Gasteiger partial charge in [0.2, 0.25) is 0 Å². The minimum absolute atomic E-state index is 0.305. The number of methoxy groups -OCH3 is 1. The highest BCUT2D eigenvalue weighted by Crippen LogP contribution is 2.25. The van der Waals surface area contributed by atoms with Crippen molar-refractivity contribution in [1.29, 1.82) is 0 Å². The Morgan fingerprint density at radius 2 is 1.75 bits per heavy atom. The first-order valence-corrected chi connectivity index (χ1v) is 9.85. The van der Waals surface area contributed by atoms with Crippen molar-refractivity contribution in [2.45, 2.75) is 0 Å². The molecule has 0 aliphatic heterocycles. The Morgan fingerprint density at radius 1 is 1.00 bits per heavy atom. The molecule has 2 amide bonds. The smallest absolute Gasteiger partial charge is 0.413 e. The Labute approximate surface area is 185 Å². The second kappa shape index (κ2) is 9.13. The molecule has 0 aliphatic rings. The summed E-state index contributed by atoms with van der Waals surface area (Å²) in [7, 11) is 2.93. The number of carbonyl (C=O) groups excluding carboxylic acids is 2. The highest BCUT2D eigenvalue weighted by atomic mass is 16.5. The average Bonchev–Trinajstić information content (AvgIpc) is 3.30. The third-order valence-electron chi connectivity index (χ3n) is 4.88. The lowest BCUT2D eigenvalue weighted by molar-refractivity contribution is 0.102. The number of amides is 2. The summed E-state index contributed by atoms with van der Waals surface area (Å²) in [5.74, 6) is -0.305. The van der Waals surface area contributed by atoms with Crippen molar-refractivity contribution in [3.8, 4) is 16.9 Å². The fraction of sp³-hybridized carbons (Fsp3) is 0.0833. The molecule has 0 aliphatic carbocycles. The largest absolute Gasteiger partial charge is 0.452 e. The van der Waals surface area contributed by atoms with E-state index in [0.717, 1.165) is 11.3 Å². The monoisotopic (exact) mass is 427 g/mol. The van der Waals surface area contributed by atoms with Gasteiger partial charge in [-0.05, 0) is 48.5 Å². The number of benzene rings is 2. The van der Waals surface area contributed by atoms with E-state index < -0.39 is 6.09 Å². The molecule has 0 saturated carbocycles. The molecule has 2 aromatic heterocycles. The van der Waals surface area contributed by atoms with Crippen LogP contribution in [0.1, 0.15) is 10.4 Å². The summed E-state index contributed by atoms with van der Waals surface area (Å²) in [6, 6.07) is 20.1. The summed E-state index contributed by atoms with van der Waals surface area (Å²) in [6.07, 6.45) is 4.57. The zero-order chi connectivity index (χ0) is 22.5. The van der Waals surface area contributed by atoms with Crippen molar-refractivity contribution >= 4 is 23.4 Å². The third-order valence-corrected chi connectivity index (χ3v) is 4.88. The highest BCUT2D eigenvalue weighted by Gasteiger charge is 2.19. The minimum Gasteiger partial charge on any atom is -0.452 e. The molecule has 8 nitrogen and oxygen atoms in total. The van der Waals surface area contributed by atoms with Gasteiger partial charge in [-0.25, -0.2) is 9.48 Å². The van der Waals surface area contributed by atoms with Crippen LogP contribution in [-0.2, 0) is 4.74 Å². The van der Waals surface area contributed by atoms with Crippen LogP contribution in [-0.4, -0.2) is 40.9 Å². The van der Waals surface area contributed by atoms with Crippen LogP contribution in [0.5, 0.6) is 0 Å². The van der Waals surface area contributed by atoms with Gasteiger partial charge in [-0.15, -0.1) is 0 Å². The summed E-state index contributed by atoms with van der Waals surface area (Å²) < 4.78 is 6.39. The molecule has 0 bridgehead atoms. The lowest BCUT2D eigenvalue weighted by Crippen LogP contribution is -2.25. The molecule has 4 aromatic rings. The van der Waals surface area contributed by atoms with E-state index in [1.807, 2.05) is 36.4 Å². The van der Waals surface area contributed by atoms with Gasteiger partial charge < -0.3 is 10.1 Å². The number of nitrogens with one attached hydrogen (secondary N) is 1. The number of pyridine rings is 1. The Bertz CT molecular complexity index is 1220. The topological polar surface area (TPSA) is 89.4 Å². The molecule has 32 heavy (non-hydrogen) atoms. The van der Waals surface area contributed by atoms with Crippen molar-refractivity contribution in [2.24, 2.45) is 0 Å². The Balaban J connectivity index is 1.63. The minimum atomic E-state index is -0.476. The van der Waals surface area contributed by atoms with Gasteiger partial charge in [-0.2, -0.15) is 5.10 Å². The maximum atomic E-state index is 13.2. The maximum absolute atomic E-state index is 13.2. The van der Waals surface area contributed by atoms with E-state index >= 15 is 0 Å². The summed E-state index contributed by atoms with van der Waals surface area (Å²) in [5.41, 5.74) is 3.75. The van der Waals surface area contributed by atoms with Gasteiger partial charge in [0.25, 0.3) is 5.91 Å². The molecule has 2 aromatic carbocycles. The molecular weight excluding hydrogens is 406 g/mol. The first kappa shape index (κ1) is 20.8. The van der Waals surface area contributed by atoms with Crippen LogP contribution in [0.15, 0.2) is 85.3 Å². The second-order valence-corrected chi connectivity index (χ2v) is 6.94. The molecule has 0 saturated heterocycles. The van der Waals surface area contributed by atoms with E-state index in [0.29, 0.717) is 22.6 Å². The van der Waals surface area contributed by atoms with E-state index in [2.05, 4.69) is 15.4 Å². The molecule has 8 heteroatoms. The van der Waals surface area contributed by atoms with Crippen LogP contribution in [0.25, 0.3) is 16.9 Å². The SMILES string of the molecule is COC(=O)N(C)c1ccc(NC(=O)c2cn(-c3ccccc3)nc2-c2cccnc2)cc1. The molecular formula is C24H21N5O3. The summed E-state index contributed by atoms with van der Waals surface area (Å²) in [4.78, 5) is 30.4. The first-order valence-electron chi connectivity index (χ1n) is 9.85. The Morgan fingerprint density at radius 3 is 2.41 bits per heavy atom. The maximum Gasteiger partial charge on any atom is 0.413 e. The lowest BCUT2D eigenvalue weighted by atomic mass is 10.1. The Kier molecular flexibility index (Phi) is 5.94. The molecule has 1 N–H and O–H groups in total. The van der Waals surface area contributed by atoms with Crippen LogP contribution >= 0.6 is 0 Å². The summed E-state index contributed by atoms with van der Waals surface area (Å²) in [6.45, 7) is 0. The number of hydrogen-bond acceptors (Lipinski definition) is 5. The molecule has 0 radical (unpaired) electrons. The van der Waals surface area contributed by atoms with E-state index in [1.165, 1.54) is 12.0 Å². The van der Waals surface area contributed by atoms with E-state index in [-0.39, 0.29) is 5.91 Å². The molecule has 0 spiro atoms. The normalized spacial score (nSPS) is 10.4. The molecule has 0 atom stereocenters. The number of aromatic nitrogens is 3. The molecule has 4 rings (SSSR count). The van der Waals surface area contributed by atoms with E-state index in [1.54, 1.807) is 60.7 Å². The number of nitrogens with zero attached hydrogens (tertiary/aromatic N) is 4. The molecule has 2 heterocycles.